The van der Waals surface area contributed by atoms with E-state index in [1.54, 1.807) is 12.1 Å². The standard InChI is InChI=1S/C16H11Cl2N5O/c17-10-6-12-13(7-11(10)18)23(8-9-4-2-1-3-5-9)16(20-12)14-15(19)22-24-21-14/h1-7H,8H2,(H2,19,22). The van der Waals surface area contributed by atoms with Crippen LogP contribution in [-0.2, 0) is 6.54 Å². The average molecular weight is 360 g/mol. The highest BCUT2D eigenvalue weighted by molar-refractivity contribution is 6.42. The predicted molar refractivity (Wildman–Crippen MR) is 93.0 cm³/mol. The maximum absolute atomic E-state index is 6.18. The summed E-state index contributed by atoms with van der Waals surface area (Å²) in [6.07, 6.45) is 0. The first-order valence-corrected chi connectivity index (χ1v) is 7.86. The Morgan fingerprint density at radius 1 is 1.04 bits per heavy atom. The lowest BCUT2D eigenvalue weighted by atomic mass is 10.2. The molecular weight excluding hydrogens is 349 g/mol. The van der Waals surface area contributed by atoms with Crippen molar-refractivity contribution in [3.05, 3.63) is 58.1 Å². The third-order valence-corrected chi connectivity index (χ3v) is 4.42. The van der Waals surface area contributed by atoms with Gasteiger partial charge in [-0.25, -0.2) is 9.61 Å². The molecule has 0 radical (unpaired) electrons. The summed E-state index contributed by atoms with van der Waals surface area (Å²) >= 11 is 12.3. The number of anilines is 1. The van der Waals surface area contributed by atoms with Crippen LogP contribution in [-0.4, -0.2) is 19.9 Å². The highest BCUT2D eigenvalue weighted by Gasteiger charge is 2.20. The molecule has 2 N–H and O–H groups in total. The number of halogens is 2. The van der Waals surface area contributed by atoms with E-state index < -0.39 is 0 Å². The molecule has 0 saturated heterocycles. The summed E-state index contributed by atoms with van der Waals surface area (Å²) in [7, 11) is 0. The Hall–Kier alpha value is -2.57. The van der Waals surface area contributed by atoms with Crippen molar-refractivity contribution in [3.8, 4) is 11.5 Å². The number of hydrogen-bond acceptors (Lipinski definition) is 5. The summed E-state index contributed by atoms with van der Waals surface area (Å²) in [5, 5.41) is 8.39. The lowest BCUT2D eigenvalue weighted by molar-refractivity contribution is 0.310. The second-order valence-electron chi connectivity index (χ2n) is 5.26. The minimum Gasteiger partial charge on any atom is -0.379 e. The van der Waals surface area contributed by atoms with Crippen LogP contribution < -0.4 is 5.73 Å². The number of imidazole rings is 1. The molecule has 0 saturated carbocycles. The van der Waals surface area contributed by atoms with Crippen molar-refractivity contribution < 1.29 is 4.63 Å². The molecule has 2 aromatic carbocycles. The molecule has 0 unspecified atom stereocenters. The predicted octanol–water partition coefficient (Wildman–Crippen LogP) is 4.02. The summed E-state index contributed by atoms with van der Waals surface area (Å²) in [4.78, 5) is 4.59. The van der Waals surface area contributed by atoms with Gasteiger partial charge in [0.25, 0.3) is 0 Å². The monoisotopic (exact) mass is 359 g/mol. The van der Waals surface area contributed by atoms with E-state index in [1.807, 2.05) is 34.9 Å². The molecule has 120 valence electrons. The molecule has 0 spiro atoms. The molecular formula is C16H11Cl2N5O. The Morgan fingerprint density at radius 3 is 2.50 bits per heavy atom. The van der Waals surface area contributed by atoms with Crippen molar-refractivity contribution in [1.82, 2.24) is 19.9 Å². The molecule has 24 heavy (non-hydrogen) atoms. The number of fused-ring (bicyclic) bond motifs is 1. The number of aromatic nitrogens is 4. The molecule has 0 fully saturated rings. The third-order valence-electron chi connectivity index (χ3n) is 3.70. The maximum atomic E-state index is 6.18. The third kappa shape index (κ3) is 2.50. The fourth-order valence-electron chi connectivity index (χ4n) is 2.58. The van der Waals surface area contributed by atoms with E-state index in [2.05, 4.69) is 15.3 Å². The largest absolute Gasteiger partial charge is 0.379 e. The van der Waals surface area contributed by atoms with Gasteiger partial charge in [0.15, 0.2) is 17.3 Å². The number of hydrogen-bond donors (Lipinski definition) is 1. The van der Waals surface area contributed by atoms with Crippen molar-refractivity contribution in [3.63, 3.8) is 0 Å². The van der Waals surface area contributed by atoms with Gasteiger partial charge in [-0.2, -0.15) is 0 Å². The van der Waals surface area contributed by atoms with E-state index in [0.717, 1.165) is 11.1 Å². The number of benzene rings is 2. The van der Waals surface area contributed by atoms with Crippen LogP contribution in [0.3, 0.4) is 0 Å². The van der Waals surface area contributed by atoms with Crippen LogP contribution in [0.15, 0.2) is 47.1 Å². The van der Waals surface area contributed by atoms with Crippen LogP contribution in [0.1, 0.15) is 5.56 Å². The number of nitrogen functional groups attached to an aromatic ring is 1. The highest BCUT2D eigenvalue weighted by Crippen LogP contribution is 2.32. The Bertz CT molecular complexity index is 1030. The first-order chi connectivity index (χ1) is 11.6. The van der Waals surface area contributed by atoms with Crippen molar-refractivity contribution in [1.29, 1.82) is 0 Å². The van der Waals surface area contributed by atoms with Crippen LogP contribution in [0, 0.1) is 0 Å². The molecule has 0 atom stereocenters. The Kier molecular flexibility index (Phi) is 3.63. The van der Waals surface area contributed by atoms with Gasteiger partial charge in [-0.3, -0.25) is 0 Å². The molecule has 2 heterocycles. The van der Waals surface area contributed by atoms with E-state index >= 15 is 0 Å². The highest BCUT2D eigenvalue weighted by atomic mass is 35.5. The van der Waals surface area contributed by atoms with Gasteiger partial charge in [-0.05, 0) is 28.0 Å². The zero-order valence-corrected chi connectivity index (χ0v) is 13.8. The van der Waals surface area contributed by atoms with E-state index in [1.165, 1.54) is 0 Å². The van der Waals surface area contributed by atoms with Gasteiger partial charge >= 0.3 is 0 Å². The van der Waals surface area contributed by atoms with Crippen LogP contribution in [0.5, 0.6) is 0 Å². The molecule has 0 aliphatic carbocycles. The van der Waals surface area contributed by atoms with Crippen molar-refractivity contribution in [2.24, 2.45) is 0 Å². The Labute approximate surface area is 146 Å². The summed E-state index contributed by atoms with van der Waals surface area (Å²) < 4.78 is 6.68. The average Bonchev–Trinajstić information content (AvgIpc) is 3.13. The van der Waals surface area contributed by atoms with Gasteiger partial charge in [0.2, 0.25) is 0 Å². The van der Waals surface area contributed by atoms with Gasteiger partial charge in [0.1, 0.15) is 0 Å². The summed E-state index contributed by atoms with van der Waals surface area (Å²) in [6, 6.07) is 13.5. The fourth-order valence-corrected chi connectivity index (χ4v) is 2.89. The van der Waals surface area contributed by atoms with E-state index in [0.29, 0.717) is 33.6 Å². The van der Waals surface area contributed by atoms with Crippen molar-refractivity contribution >= 4 is 40.1 Å². The van der Waals surface area contributed by atoms with Gasteiger partial charge in [0, 0.05) is 6.54 Å². The molecule has 4 rings (SSSR count). The lowest BCUT2D eigenvalue weighted by Gasteiger charge is -2.08. The quantitative estimate of drug-likeness (QED) is 0.597. The molecule has 0 aliphatic rings. The van der Waals surface area contributed by atoms with E-state index in [-0.39, 0.29) is 5.82 Å². The van der Waals surface area contributed by atoms with Gasteiger partial charge in [-0.1, -0.05) is 53.5 Å². The van der Waals surface area contributed by atoms with Gasteiger partial charge < -0.3 is 10.3 Å². The van der Waals surface area contributed by atoms with Crippen LogP contribution in [0.2, 0.25) is 10.0 Å². The van der Waals surface area contributed by atoms with E-state index in [9.17, 15) is 0 Å². The minimum absolute atomic E-state index is 0.178. The summed E-state index contributed by atoms with van der Waals surface area (Å²) in [6.45, 7) is 0.566. The lowest BCUT2D eigenvalue weighted by Crippen LogP contribution is -2.03. The van der Waals surface area contributed by atoms with Crippen molar-refractivity contribution in [2.45, 2.75) is 6.54 Å². The van der Waals surface area contributed by atoms with Crippen LogP contribution >= 0.6 is 23.2 Å². The number of rotatable bonds is 3. The Morgan fingerprint density at radius 2 is 1.79 bits per heavy atom. The molecule has 0 bridgehead atoms. The smallest absolute Gasteiger partial charge is 0.199 e. The zero-order valence-electron chi connectivity index (χ0n) is 12.3. The number of nitrogens with two attached hydrogens (primary N) is 1. The molecule has 4 aromatic rings. The first kappa shape index (κ1) is 15.0. The molecule has 2 aromatic heterocycles. The maximum Gasteiger partial charge on any atom is 0.199 e. The van der Waals surface area contributed by atoms with Crippen LogP contribution in [0.4, 0.5) is 5.82 Å². The molecule has 0 aliphatic heterocycles. The molecule has 0 amide bonds. The van der Waals surface area contributed by atoms with Crippen molar-refractivity contribution in [2.75, 3.05) is 5.73 Å². The molecule has 8 heteroatoms. The SMILES string of the molecule is Nc1nonc1-c1nc2cc(Cl)c(Cl)cc2n1Cc1ccccc1. The molecule has 6 nitrogen and oxygen atoms in total. The van der Waals surface area contributed by atoms with E-state index in [4.69, 9.17) is 33.6 Å². The Balaban J connectivity index is 1.97. The van der Waals surface area contributed by atoms with Gasteiger partial charge in [-0.15, -0.1) is 0 Å². The summed E-state index contributed by atoms with van der Waals surface area (Å²) in [5.41, 5.74) is 8.84. The summed E-state index contributed by atoms with van der Waals surface area (Å²) in [5.74, 6) is 0.725. The zero-order chi connectivity index (χ0) is 16.7. The van der Waals surface area contributed by atoms with Gasteiger partial charge in [0.05, 0.1) is 21.1 Å². The topological polar surface area (TPSA) is 82.8 Å². The normalized spacial score (nSPS) is 11.2. The van der Waals surface area contributed by atoms with Crippen LogP contribution in [0.25, 0.3) is 22.6 Å². The fraction of sp³-hybridized carbons (Fsp3) is 0.0625. The second kappa shape index (κ2) is 5.81. The number of nitrogens with zero attached hydrogens (tertiary/aromatic N) is 4. The first-order valence-electron chi connectivity index (χ1n) is 7.11. The second-order valence-corrected chi connectivity index (χ2v) is 6.07. The minimum atomic E-state index is 0.178.